The van der Waals surface area contributed by atoms with E-state index in [1.807, 2.05) is 0 Å². The second kappa shape index (κ2) is 5.23. The minimum absolute atomic E-state index is 0.109. The third kappa shape index (κ3) is 2.82. The molecule has 0 spiro atoms. The van der Waals surface area contributed by atoms with Crippen LogP contribution in [0.1, 0.15) is 10.4 Å². The Labute approximate surface area is 116 Å². The van der Waals surface area contributed by atoms with Crippen molar-refractivity contribution < 1.29 is 9.90 Å². The predicted molar refractivity (Wildman–Crippen MR) is 73.9 cm³/mol. The molecule has 1 heterocycles. The van der Waals surface area contributed by atoms with Crippen molar-refractivity contribution in [1.29, 1.82) is 0 Å². The molecule has 0 saturated heterocycles. The average molecular weight is 324 g/mol. The van der Waals surface area contributed by atoms with E-state index in [2.05, 4.69) is 26.2 Å². The molecule has 7 heteroatoms. The van der Waals surface area contributed by atoms with Crippen LogP contribution in [0.3, 0.4) is 0 Å². The number of rotatable bonds is 3. The van der Waals surface area contributed by atoms with Gasteiger partial charge in [0, 0.05) is 29.6 Å². The number of nitrogens with zero attached hydrogens (tertiary/aromatic N) is 2. The van der Waals surface area contributed by atoms with Gasteiger partial charge in [-0.15, -0.1) is 0 Å². The van der Waals surface area contributed by atoms with Crippen molar-refractivity contribution in [3.05, 3.63) is 51.0 Å². The molecule has 98 valence electrons. The summed E-state index contributed by atoms with van der Waals surface area (Å²) in [6.07, 6.45) is 3.03. The number of carbonyl (C=O) groups is 1. The molecule has 0 aliphatic carbocycles. The lowest BCUT2D eigenvalue weighted by molar-refractivity contribution is 0.0696. The summed E-state index contributed by atoms with van der Waals surface area (Å²) in [7, 11) is 1.61. The predicted octanol–water partition coefficient (Wildman–Crippen LogP) is 1.98. The highest BCUT2D eigenvalue weighted by atomic mass is 79.9. The molecule has 0 aliphatic heterocycles. The van der Waals surface area contributed by atoms with Crippen molar-refractivity contribution in [3.63, 3.8) is 0 Å². The topological polar surface area (TPSA) is 84.2 Å². The van der Waals surface area contributed by atoms with Crippen molar-refractivity contribution in [2.24, 2.45) is 7.05 Å². The van der Waals surface area contributed by atoms with E-state index in [0.29, 0.717) is 10.2 Å². The van der Waals surface area contributed by atoms with Crippen LogP contribution in [0.25, 0.3) is 0 Å². The van der Waals surface area contributed by atoms with Crippen LogP contribution in [0.15, 0.2) is 39.9 Å². The van der Waals surface area contributed by atoms with E-state index in [4.69, 9.17) is 5.11 Å². The summed E-state index contributed by atoms with van der Waals surface area (Å²) in [5.74, 6) is -0.909. The number of aromatic carboxylic acids is 1. The summed E-state index contributed by atoms with van der Waals surface area (Å²) < 4.78 is 1.85. The van der Waals surface area contributed by atoms with Gasteiger partial charge in [0.15, 0.2) is 5.82 Å². The first-order valence-electron chi connectivity index (χ1n) is 5.30. The first-order valence-corrected chi connectivity index (χ1v) is 6.10. The van der Waals surface area contributed by atoms with Gasteiger partial charge in [-0.3, -0.25) is 4.79 Å². The van der Waals surface area contributed by atoms with Crippen molar-refractivity contribution in [3.8, 4) is 0 Å². The van der Waals surface area contributed by atoms with Gasteiger partial charge in [-0.2, -0.15) is 0 Å². The fourth-order valence-corrected chi connectivity index (χ4v) is 1.90. The Morgan fingerprint density at radius 3 is 2.89 bits per heavy atom. The van der Waals surface area contributed by atoms with Gasteiger partial charge in [0.2, 0.25) is 0 Å². The zero-order chi connectivity index (χ0) is 14.0. The quantitative estimate of drug-likeness (QED) is 0.902. The van der Waals surface area contributed by atoms with Crippen LogP contribution < -0.4 is 10.9 Å². The van der Waals surface area contributed by atoms with E-state index in [1.54, 1.807) is 19.2 Å². The monoisotopic (exact) mass is 323 g/mol. The number of carboxylic acids is 1. The fraction of sp³-hybridized carbons (Fsp3) is 0.0833. The average Bonchev–Trinajstić information content (AvgIpc) is 2.37. The molecular formula is C12H10BrN3O3. The molecule has 0 atom stereocenters. The normalized spacial score (nSPS) is 10.2. The molecule has 1 aromatic carbocycles. The Kier molecular flexibility index (Phi) is 3.66. The van der Waals surface area contributed by atoms with Crippen molar-refractivity contribution >= 4 is 33.4 Å². The highest BCUT2D eigenvalue weighted by Gasteiger charge is 2.10. The molecule has 0 saturated carbocycles. The molecular weight excluding hydrogens is 314 g/mol. The number of halogens is 1. The second-order valence-electron chi connectivity index (χ2n) is 3.82. The maximum Gasteiger partial charge on any atom is 0.336 e. The van der Waals surface area contributed by atoms with Crippen LogP contribution in [-0.4, -0.2) is 20.6 Å². The fourth-order valence-electron chi connectivity index (χ4n) is 1.49. The van der Waals surface area contributed by atoms with Gasteiger partial charge in [-0.1, -0.05) is 0 Å². The first kappa shape index (κ1) is 13.3. The van der Waals surface area contributed by atoms with Gasteiger partial charge in [-0.05, 0) is 34.1 Å². The Bertz CT molecular complexity index is 697. The van der Waals surface area contributed by atoms with Crippen molar-refractivity contribution in [2.75, 3.05) is 5.32 Å². The molecule has 1 aromatic heterocycles. The van der Waals surface area contributed by atoms with Gasteiger partial charge in [-0.25, -0.2) is 9.78 Å². The smallest absolute Gasteiger partial charge is 0.336 e. The zero-order valence-corrected chi connectivity index (χ0v) is 11.5. The lowest BCUT2D eigenvalue weighted by atomic mass is 10.2. The maximum absolute atomic E-state index is 11.8. The number of aryl methyl sites for hydroxylation is 1. The van der Waals surface area contributed by atoms with Crippen LogP contribution >= 0.6 is 15.9 Å². The van der Waals surface area contributed by atoms with Gasteiger partial charge in [0.05, 0.1) is 5.56 Å². The number of anilines is 2. The van der Waals surface area contributed by atoms with Crippen molar-refractivity contribution in [2.45, 2.75) is 0 Å². The molecule has 2 aromatic rings. The number of aromatic nitrogens is 2. The number of benzene rings is 1. The van der Waals surface area contributed by atoms with Crippen LogP contribution in [0.4, 0.5) is 11.5 Å². The Hall–Kier alpha value is -2.15. The molecule has 0 aliphatic rings. The van der Waals surface area contributed by atoms with E-state index >= 15 is 0 Å². The van der Waals surface area contributed by atoms with Crippen LogP contribution in [0.2, 0.25) is 0 Å². The van der Waals surface area contributed by atoms with Crippen LogP contribution in [0.5, 0.6) is 0 Å². The summed E-state index contributed by atoms with van der Waals surface area (Å²) in [6.45, 7) is 0. The number of nitrogens with one attached hydrogen (secondary N) is 1. The Morgan fingerprint density at radius 2 is 2.21 bits per heavy atom. The van der Waals surface area contributed by atoms with Crippen LogP contribution in [-0.2, 0) is 7.05 Å². The van der Waals surface area contributed by atoms with E-state index in [-0.39, 0.29) is 16.9 Å². The van der Waals surface area contributed by atoms with Gasteiger partial charge in [0.1, 0.15) is 0 Å². The molecule has 0 radical (unpaired) electrons. The molecule has 2 rings (SSSR count). The molecule has 6 nitrogen and oxygen atoms in total. The first-order chi connectivity index (χ1) is 8.99. The molecule has 19 heavy (non-hydrogen) atoms. The largest absolute Gasteiger partial charge is 0.478 e. The molecule has 0 bridgehead atoms. The number of hydrogen-bond acceptors (Lipinski definition) is 4. The lowest BCUT2D eigenvalue weighted by Gasteiger charge is -2.07. The van der Waals surface area contributed by atoms with Gasteiger partial charge < -0.3 is 15.0 Å². The number of carboxylic acid groups (broad SMARTS) is 1. The van der Waals surface area contributed by atoms with Crippen molar-refractivity contribution in [1.82, 2.24) is 9.55 Å². The minimum atomic E-state index is -1.05. The zero-order valence-electron chi connectivity index (χ0n) is 9.92. The number of hydrogen-bond donors (Lipinski definition) is 2. The molecule has 0 amide bonds. The molecule has 0 unspecified atom stereocenters. The van der Waals surface area contributed by atoms with E-state index < -0.39 is 5.97 Å². The standard InChI is InChI=1S/C12H10BrN3O3/c1-16-5-4-14-10(11(16)17)15-7-2-3-9(13)8(6-7)12(18)19/h2-6H,1H3,(H,14,15)(H,18,19). The SMILES string of the molecule is Cn1ccnc(Nc2ccc(Br)c(C(=O)O)c2)c1=O. The van der Waals surface area contributed by atoms with E-state index in [1.165, 1.54) is 23.0 Å². The van der Waals surface area contributed by atoms with Crippen LogP contribution in [0, 0.1) is 0 Å². The molecule has 2 N–H and O–H groups in total. The van der Waals surface area contributed by atoms with E-state index in [9.17, 15) is 9.59 Å². The Morgan fingerprint density at radius 1 is 1.47 bits per heavy atom. The summed E-state index contributed by atoms with van der Waals surface area (Å²) >= 11 is 3.15. The summed E-state index contributed by atoms with van der Waals surface area (Å²) in [6, 6.07) is 4.68. The third-order valence-corrected chi connectivity index (χ3v) is 3.17. The maximum atomic E-state index is 11.8. The highest BCUT2D eigenvalue weighted by molar-refractivity contribution is 9.10. The van der Waals surface area contributed by atoms with Gasteiger partial charge in [0.25, 0.3) is 5.56 Å². The Balaban J connectivity index is 2.39. The summed E-state index contributed by atoms with van der Waals surface area (Å²) in [4.78, 5) is 26.7. The van der Waals surface area contributed by atoms with Gasteiger partial charge >= 0.3 is 5.97 Å². The molecule has 0 fully saturated rings. The van der Waals surface area contributed by atoms with E-state index in [0.717, 1.165) is 0 Å². The lowest BCUT2D eigenvalue weighted by Crippen LogP contribution is -2.20. The second-order valence-corrected chi connectivity index (χ2v) is 4.67. The third-order valence-electron chi connectivity index (χ3n) is 2.48. The minimum Gasteiger partial charge on any atom is -0.478 e. The summed E-state index contributed by atoms with van der Waals surface area (Å²) in [5.41, 5.74) is 0.302. The summed E-state index contributed by atoms with van der Waals surface area (Å²) in [5, 5.41) is 11.8. The highest BCUT2D eigenvalue weighted by Crippen LogP contribution is 2.22.